The summed E-state index contributed by atoms with van der Waals surface area (Å²) in [4.78, 5) is 24.9. The fraction of sp³-hybridized carbons (Fsp3) is 0.267. The van der Waals surface area contributed by atoms with Crippen LogP contribution in [0.25, 0.3) is 11.1 Å². The van der Waals surface area contributed by atoms with Gasteiger partial charge in [-0.1, -0.05) is 72.3 Å². The Morgan fingerprint density at radius 2 is 1.81 bits per heavy atom. The Bertz CT molecular complexity index is 1270. The zero-order valence-electron chi connectivity index (χ0n) is 20.0. The van der Waals surface area contributed by atoms with Crippen molar-refractivity contribution in [3.63, 3.8) is 0 Å². The number of hydrogen-bond acceptors (Lipinski definition) is 6. The predicted octanol–water partition coefficient (Wildman–Crippen LogP) is 5.48. The zero-order valence-corrected chi connectivity index (χ0v) is 20.8. The standard InChI is InChI=1S/C30H27ClO6/c31-22-7-4-8-24(15-22)35-18-23(32)13-14-25-26-16-29(33)36-28(26)17-27(25)37-30(34)21-11-9-20(10-12-21)19-5-2-1-3-6-19/h1-15,23,25-28,32H,16-18H2/b14-13+/t23-,25-,26+,27-,28-/m0/s1. The van der Waals surface area contributed by atoms with Crippen LogP contribution >= 0.6 is 11.6 Å². The predicted molar refractivity (Wildman–Crippen MR) is 139 cm³/mol. The molecule has 1 saturated heterocycles. The van der Waals surface area contributed by atoms with Crippen LogP contribution in [0.15, 0.2) is 91.0 Å². The van der Waals surface area contributed by atoms with Crippen molar-refractivity contribution in [2.24, 2.45) is 11.8 Å². The zero-order chi connectivity index (χ0) is 25.8. The van der Waals surface area contributed by atoms with E-state index in [4.69, 9.17) is 25.8 Å². The summed E-state index contributed by atoms with van der Waals surface area (Å²) < 4.78 is 17.0. The smallest absolute Gasteiger partial charge is 0.338 e. The second kappa shape index (κ2) is 11.2. The number of carbonyl (C=O) groups is 2. The van der Waals surface area contributed by atoms with Gasteiger partial charge in [0, 0.05) is 23.3 Å². The van der Waals surface area contributed by atoms with E-state index in [1.807, 2.05) is 48.5 Å². The van der Waals surface area contributed by atoms with Gasteiger partial charge in [0.15, 0.2) is 0 Å². The molecule has 1 aliphatic carbocycles. The minimum atomic E-state index is -0.891. The number of carbonyl (C=O) groups excluding carboxylic acids is 2. The van der Waals surface area contributed by atoms with E-state index in [0.717, 1.165) is 11.1 Å². The first-order valence-electron chi connectivity index (χ1n) is 12.3. The van der Waals surface area contributed by atoms with Gasteiger partial charge in [-0.25, -0.2) is 4.79 Å². The van der Waals surface area contributed by atoms with Gasteiger partial charge >= 0.3 is 11.9 Å². The lowest BCUT2D eigenvalue weighted by Gasteiger charge is -2.20. The Kier molecular flexibility index (Phi) is 7.58. The molecule has 37 heavy (non-hydrogen) atoms. The van der Waals surface area contributed by atoms with Gasteiger partial charge in [0.05, 0.1) is 12.0 Å². The van der Waals surface area contributed by atoms with Gasteiger partial charge in [0.25, 0.3) is 0 Å². The van der Waals surface area contributed by atoms with Crippen LogP contribution in [0.5, 0.6) is 5.75 Å². The maximum absolute atomic E-state index is 13.0. The van der Waals surface area contributed by atoms with Crippen LogP contribution in [0.2, 0.25) is 5.02 Å². The molecule has 0 unspecified atom stereocenters. The normalized spacial score (nSPS) is 23.5. The maximum Gasteiger partial charge on any atom is 0.338 e. The minimum absolute atomic E-state index is 0.0330. The van der Waals surface area contributed by atoms with Gasteiger partial charge in [-0.05, 0) is 41.5 Å². The number of aliphatic hydroxyl groups excluding tert-OH is 1. The highest BCUT2D eigenvalue weighted by Crippen LogP contribution is 2.43. The van der Waals surface area contributed by atoms with Crippen LogP contribution in [0.1, 0.15) is 23.2 Å². The van der Waals surface area contributed by atoms with E-state index in [2.05, 4.69) is 0 Å². The summed E-state index contributed by atoms with van der Waals surface area (Å²) in [6, 6.07) is 24.1. The van der Waals surface area contributed by atoms with Crippen LogP contribution in [0.3, 0.4) is 0 Å². The van der Waals surface area contributed by atoms with Crippen molar-refractivity contribution in [3.05, 3.63) is 102 Å². The van der Waals surface area contributed by atoms with Gasteiger partial charge in [0.2, 0.25) is 0 Å². The molecule has 190 valence electrons. The molecular formula is C30H27ClO6. The lowest BCUT2D eigenvalue weighted by molar-refractivity contribution is -0.141. The molecule has 5 atom stereocenters. The molecule has 0 bridgehead atoms. The van der Waals surface area contributed by atoms with Crippen LogP contribution in [-0.4, -0.2) is 42.0 Å². The number of esters is 2. The van der Waals surface area contributed by atoms with E-state index in [1.165, 1.54) is 0 Å². The summed E-state index contributed by atoms with van der Waals surface area (Å²) >= 11 is 5.97. The third-order valence-corrected chi connectivity index (χ3v) is 7.04. The molecule has 5 rings (SSSR count). The van der Waals surface area contributed by atoms with Crippen LogP contribution < -0.4 is 4.74 Å². The van der Waals surface area contributed by atoms with Crippen molar-refractivity contribution >= 4 is 23.5 Å². The SMILES string of the molecule is O=C1C[C@@H]2[C@H](/C=C/[C@H](O)COc3cccc(Cl)c3)[C@@H](OC(=O)c3ccc(-c4ccccc4)cc3)C[C@@H]2O1. The van der Waals surface area contributed by atoms with Gasteiger partial charge < -0.3 is 19.3 Å². The largest absolute Gasteiger partial charge is 0.491 e. The quantitative estimate of drug-likeness (QED) is 0.314. The first-order chi connectivity index (χ1) is 18.0. The Balaban J connectivity index is 1.24. The van der Waals surface area contributed by atoms with E-state index < -0.39 is 18.2 Å². The molecule has 0 spiro atoms. The Morgan fingerprint density at radius 3 is 2.57 bits per heavy atom. The maximum atomic E-state index is 13.0. The number of benzene rings is 3. The molecule has 1 heterocycles. The second-order valence-electron chi connectivity index (χ2n) is 9.32. The molecule has 1 aliphatic heterocycles. The highest BCUT2D eigenvalue weighted by Gasteiger charge is 2.50. The molecule has 0 radical (unpaired) electrons. The fourth-order valence-electron chi connectivity index (χ4n) is 4.98. The number of ether oxygens (including phenoxy) is 3. The van der Waals surface area contributed by atoms with Crippen molar-refractivity contribution in [1.29, 1.82) is 0 Å². The monoisotopic (exact) mass is 518 g/mol. The van der Waals surface area contributed by atoms with Gasteiger partial charge in [-0.3, -0.25) is 4.79 Å². The Labute approximate surface area is 220 Å². The van der Waals surface area contributed by atoms with E-state index in [9.17, 15) is 14.7 Å². The second-order valence-corrected chi connectivity index (χ2v) is 9.75. The Hall–Kier alpha value is -3.61. The number of rotatable bonds is 8. The van der Waals surface area contributed by atoms with Crippen LogP contribution in [-0.2, 0) is 14.3 Å². The summed E-state index contributed by atoms with van der Waals surface area (Å²) in [6.07, 6.45) is 2.45. The van der Waals surface area contributed by atoms with E-state index >= 15 is 0 Å². The topological polar surface area (TPSA) is 82.1 Å². The van der Waals surface area contributed by atoms with E-state index in [0.29, 0.717) is 22.8 Å². The fourth-order valence-corrected chi connectivity index (χ4v) is 5.16. The average molecular weight is 519 g/mol. The Morgan fingerprint density at radius 1 is 1.05 bits per heavy atom. The van der Waals surface area contributed by atoms with Crippen LogP contribution in [0.4, 0.5) is 0 Å². The summed E-state index contributed by atoms with van der Waals surface area (Å²) in [5.74, 6) is -0.493. The summed E-state index contributed by atoms with van der Waals surface area (Å²) in [6.45, 7) is 0.0330. The number of hydrogen-bond donors (Lipinski definition) is 1. The first-order valence-corrected chi connectivity index (χ1v) is 12.6. The van der Waals surface area contributed by atoms with Crippen molar-refractivity contribution in [1.82, 2.24) is 0 Å². The summed E-state index contributed by atoms with van der Waals surface area (Å²) in [5, 5.41) is 11.0. The lowest BCUT2D eigenvalue weighted by Crippen LogP contribution is -2.25. The van der Waals surface area contributed by atoms with E-state index in [-0.39, 0.29) is 36.9 Å². The molecule has 2 fully saturated rings. The van der Waals surface area contributed by atoms with Crippen molar-refractivity contribution in [2.75, 3.05) is 6.61 Å². The molecular weight excluding hydrogens is 492 g/mol. The van der Waals surface area contributed by atoms with Gasteiger partial charge in [-0.2, -0.15) is 0 Å². The summed E-state index contributed by atoms with van der Waals surface area (Å²) in [5.41, 5.74) is 2.52. The number of fused-ring (bicyclic) bond motifs is 1. The van der Waals surface area contributed by atoms with Crippen molar-refractivity contribution < 1.29 is 28.9 Å². The third kappa shape index (κ3) is 6.04. The molecule has 1 saturated carbocycles. The summed E-state index contributed by atoms with van der Waals surface area (Å²) in [7, 11) is 0. The number of aliphatic hydroxyl groups is 1. The third-order valence-electron chi connectivity index (χ3n) is 6.81. The molecule has 3 aromatic carbocycles. The molecule has 0 aromatic heterocycles. The molecule has 3 aromatic rings. The number of halogens is 1. The highest BCUT2D eigenvalue weighted by molar-refractivity contribution is 6.30. The highest BCUT2D eigenvalue weighted by atomic mass is 35.5. The molecule has 0 amide bonds. The molecule has 1 N–H and O–H groups in total. The molecule has 2 aliphatic rings. The first kappa shape index (κ1) is 25.1. The van der Waals surface area contributed by atoms with E-state index in [1.54, 1.807) is 42.5 Å². The molecule has 7 heteroatoms. The minimum Gasteiger partial charge on any atom is -0.491 e. The average Bonchev–Trinajstić information content (AvgIpc) is 3.42. The molecule has 6 nitrogen and oxygen atoms in total. The van der Waals surface area contributed by atoms with Crippen molar-refractivity contribution in [3.8, 4) is 16.9 Å². The van der Waals surface area contributed by atoms with Gasteiger partial charge in [-0.15, -0.1) is 0 Å². The van der Waals surface area contributed by atoms with Gasteiger partial charge in [0.1, 0.15) is 30.7 Å². The van der Waals surface area contributed by atoms with Crippen molar-refractivity contribution in [2.45, 2.75) is 31.2 Å². The lowest BCUT2D eigenvalue weighted by atomic mass is 9.91. The van der Waals surface area contributed by atoms with Crippen LogP contribution in [0, 0.1) is 11.8 Å².